The summed E-state index contributed by atoms with van der Waals surface area (Å²) in [6.07, 6.45) is 1.71. The van der Waals surface area contributed by atoms with E-state index in [1.807, 2.05) is 55.5 Å². The van der Waals surface area contributed by atoms with E-state index in [1.165, 1.54) is 6.92 Å². The Hall–Kier alpha value is -3.15. The Morgan fingerprint density at radius 2 is 1.84 bits per heavy atom. The third-order valence-electron chi connectivity index (χ3n) is 3.95. The number of hydrogen-bond donors (Lipinski definition) is 2. The number of imidazole rings is 1. The standard InChI is InChI=1S/C19H20N4O2/c1-13-7-9-15(10-8-13)17(21-14(2)24)11-19(25)22-23-12-20-16-5-3-4-6-18(16)23/h3-10,12,17H,11H2,1-2H3,(H,21,24)(H,22,25). The van der Waals surface area contributed by atoms with Crippen LogP contribution >= 0.6 is 0 Å². The van der Waals surface area contributed by atoms with Gasteiger partial charge in [0.25, 0.3) is 0 Å². The summed E-state index contributed by atoms with van der Waals surface area (Å²) in [5, 5.41) is 2.84. The number of amides is 2. The molecular formula is C19H20N4O2. The third kappa shape index (κ3) is 4.03. The second-order valence-electron chi connectivity index (χ2n) is 6.01. The molecule has 6 heteroatoms. The van der Waals surface area contributed by atoms with Gasteiger partial charge < -0.3 is 5.32 Å². The van der Waals surface area contributed by atoms with Gasteiger partial charge in [0.15, 0.2) is 0 Å². The minimum absolute atomic E-state index is 0.134. The number of para-hydroxylation sites is 2. The summed E-state index contributed by atoms with van der Waals surface area (Å²) in [5.74, 6) is -0.381. The van der Waals surface area contributed by atoms with Gasteiger partial charge in [-0.1, -0.05) is 42.0 Å². The zero-order chi connectivity index (χ0) is 17.8. The molecule has 1 heterocycles. The summed E-state index contributed by atoms with van der Waals surface area (Å²) in [6, 6.07) is 14.9. The number of nitrogens with one attached hydrogen (secondary N) is 2. The normalized spacial score (nSPS) is 11.9. The van der Waals surface area contributed by atoms with Crippen LogP contribution in [0.2, 0.25) is 0 Å². The first-order chi connectivity index (χ1) is 12.0. The number of hydrogen-bond acceptors (Lipinski definition) is 3. The number of nitrogens with zero attached hydrogens (tertiary/aromatic N) is 2. The first-order valence-corrected chi connectivity index (χ1v) is 8.08. The zero-order valence-corrected chi connectivity index (χ0v) is 14.2. The van der Waals surface area contributed by atoms with E-state index >= 15 is 0 Å². The van der Waals surface area contributed by atoms with Crippen molar-refractivity contribution in [3.8, 4) is 0 Å². The van der Waals surface area contributed by atoms with Gasteiger partial charge in [-0.05, 0) is 24.6 Å². The zero-order valence-electron chi connectivity index (χ0n) is 14.2. The van der Waals surface area contributed by atoms with Crippen molar-refractivity contribution in [1.82, 2.24) is 15.0 Å². The molecule has 2 amide bonds. The maximum absolute atomic E-state index is 12.5. The van der Waals surface area contributed by atoms with Gasteiger partial charge in [-0.15, -0.1) is 0 Å². The summed E-state index contributed by atoms with van der Waals surface area (Å²) in [4.78, 5) is 28.2. The predicted octanol–water partition coefficient (Wildman–Crippen LogP) is 2.68. The van der Waals surface area contributed by atoms with Gasteiger partial charge in [-0.3, -0.25) is 15.0 Å². The third-order valence-corrected chi connectivity index (χ3v) is 3.95. The van der Waals surface area contributed by atoms with Gasteiger partial charge in [0, 0.05) is 6.92 Å². The van der Waals surface area contributed by atoms with Crippen LogP contribution in [-0.2, 0) is 9.59 Å². The average molecular weight is 336 g/mol. The molecule has 25 heavy (non-hydrogen) atoms. The smallest absolute Gasteiger partial charge is 0.241 e. The molecular weight excluding hydrogens is 316 g/mol. The summed E-state index contributed by atoms with van der Waals surface area (Å²) in [6.45, 7) is 3.44. The van der Waals surface area contributed by atoms with Crippen LogP contribution in [0.5, 0.6) is 0 Å². The summed E-state index contributed by atoms with van der Waals surface area (Å²) in [7, 11) is 0. The largest absolute Gasteiger partial charge is 0.349 e. The molecule has 128 valence electrons. The van der Waals surface area contributed by atoms with Crippen molar-refractivity contribution in [3.05, 3.63) is 66.0 Å². The predicted molar refractivity (Wildman–Crippen MR) is 96.5 cm³/mol. The van der Waals surface area contributed by atoms with Gasteiger partial charge in [0.2, 0.25) is 11.8 Å². The Morgan fingerprint density at radius 1 is 1.12 bits per heavy atom. The van der Waals surface area contributed by atoms with Crippen molar-refractivity contribution in [2.45, 2.75) is 26.3 Å². The number of carbonyl (C=O) groups is 2. The molecule has 0 fully saturated rings. The maximum atomic E-state index is 12.5. The molecule has 6 nitrogen and oxygen atoms in total. The van der Waals surface area contributed by atoms with Crippen molar-refractivity contribution < 1.29 is 9.59 Å². The van der Waals surface area contributed by atoms with Gasteiger partial charge >= 0.3 is 0 Å². The number of rotatable bonds is 5. The Bertz CT molecular complexity index is 899. The molecule has 0 bridgehead atoms. The highest BCUT2D eigenvalue weighted by molar-refractivity contribution is 5.87. The van der Waals surface area contributed by atoms with E-state index in [4.69, 9.17) is 0 Å². The highest BCUT2D eigenvalue weighted by atomic mass is 16.2. The molecule has 3 aromatic rings. The van der Waals surface area contributed by atoms with Gasteiger partial charge in [0.1, 0.15) is 6.33 Å². The van der Waals surface area contributed by atoms with Crippen LogP contribution < -0.4 is 10.7 Å². The van der Waals surface area contributed by atoms with E-state index < -0.39 is 0 Å². The van der Waals surface area contributed by atoms with Crippen LogP contribution in [0.3, 0.4) is 0 Å². The number of benzene rings is 2. The lowest BCUT2D eigenvalue weighted by atomic mass is 10.0. The summed E-state index contributed by atoms with van der Waals surface area (Å²) in [5.41, 5.74) is 6.46. The Morgan fingerprint density at radius 3 is 2.56 bits per heavy atom. The number of carbonyl (C=O) groups excluding carboxylic acids is 2. The monoisotopic (exact) mass is 336 g/mol. The fourth-order valence-corrected chi connectivity index (χ4v) is 2.71. The van der Waals surface area contributed by atoms with Crippen LogP contribution in [-0.4, -0.2) is 21.5 Å². The van der Waals surface area contributed by atoms with Gasteiger partial charge in [-0.25, -0.2) is 9.66 Å². The first kappa shape index (κ1) is 16.7. The minimum atomic E-state index is -0.382. The van der Waals surface area contributed by atoms with E-state index in [2.05, 4.69) is 15.7 Å². The fraction of sp³-hybridized carbons (Fsp3) is 0.211. The van der Waals surface area contributed by atoms with Gasteiger partial charge in [-0.2, -0.15) is 0 Å². The fourth-order valence-electron chi connectivity index (χ4n) is 2.71. The Kier molecular flexibility index (Phi) is 4.79. The molecule has 0 aliphatic heterocycles. The molecule has 0 saturated heterocycles. The Labute approximate surface area is 145 Å². The maximum Gasteiger partial charge on any atom is 0.241 e. The minimum Gasteiger partial charge on any atom is -0.349 e. The van der Waals surface area contributed by atoms with Crippen molar-refractivity contribution >= 4 is 22.8 Å². The number of fused-ring (bicyclic) bond motifs is 1. The molecule has 0 saturated carbocycles. The SMILES string of the molecule is CC(=O)NC(CC(=O)Nn1cnc2ccccc21)c1ccc(C)cc1. The van der Waals surface area contributed by atoms with Crippen molar-refractivity contribution in [3.63, 3.8) is 0 Å². The summed E-state index contributed by atoms with van der Waals surface area (Å²) < 4.78 is 1.59. The molecule has 0 radical (unpaired) electrons. The quantitative estimate of drug-likeness (QED) is 0.752. The molecule has 3 rings (SSSR count). The molecule has 0 aliphatic carbocycles. The Balaban J connectivity index is 1.75. The topological polar surface area (TPSA) is 76.0 Å². The lowest BCUT2D eigenvalue weighted by Gasteiger charge is -2.18. The highest BCUT2D eigenvalue weighted by Gasteiger charge is 2.17. The molecule has 1 unspecified atom stereocenters. The highest BCUT2D eigenvalue weighted by Crippen LogP contribution is 2.18. The van der Waals surface area contributed by atoms with Crippen molar-refractivity contribution in [2.24, 2.45) is 0 Å². The molecule has 2 aromatic carbocycles. The summed E-state index contributed by atoms with van der Waals surface area (Å²) >= 11 is 0. The number of aryl methyl sites for hydroxylation is 1. The van der Waals surface area contributed by atoms with Crippen LogP contribution in [0.4, 0.5) is 0 Å². The van der Waals surface area contributed by atoms with Crippen LogP contribution in [0, 0.1) is 6.92 Å². The molecule has 1 atom stereocenters. The number of aromatic nitrogens is 2. The van der Waals surface area contributed by atoms with Crippen LogP contribution in [0.25, 0.3) is 11.0 Å². The lowest BCUT2D eigenvalue weighted by Crippen LogP contribution is -2.31. The van der Waals surface area contributed by atoms with Crippen LogP contribution in [0.15, 0.2) is 54.9 Å². The average Bonchev–Trinajstić information content (AvgIpc) is 2.98. The van der Waals surface area contributed by atoms with E-state index in [1.54, 1.807) is 11.0 Å². The van der Waals surface area contributed by atoms with E-state index in [-0.39, 0.29) is 24.3 Å². The van der Waals surface area contributed by atoms with Gasteiger partial charge in [0.05, 0.1) is 23.5 Å². The van der Waals surface area contributed by atoms with E-state index in [0.717, 1.165) is 22.2 Å². The molecule has 0 aliphatic rings. The van der Waals surface area contributed by atoms with E-state index in [0.29, 0.717) is 0 Å². The molecule has 2 N–H and O–H groups in total. The first-order valence-electron chi connectivity index (χ1n) is 8.08. The van der Waals surface area contributed by atoms with Crippen molar-refractivity contribution in [2.75, 3.05) is 5.43 Å². The molecule has 1 aromatic heterocycles. The second-order valence-corrected chi connectivity index (χ2v) is 6.01. The van der Waals surface area contributed by atoms with E-state index in [9.17, 15) is 9.59 Å². The van der Waals surface area contributed by atoms with Crippen molar-refractivity contribution in [1.29, 1.82) is 0 Å². The second kappa shape index (κ2) is 7.17. The lowest BCUT2D eigenvalue weighted by molar-refractivity contribution is -0.120. The molecule has 0 spiro atoms. The van der Waals surface area contributed by atoms with Crippen LogP contribution in [0.1, 0.15) is 30.5 Å².